The van der Waals surface area contributed by atoms with Crippen LogP contribution >= 0.6 is 0 Å². The molecule has 98 valence electrons. The van der Waals surface area contributed by atoms with Crippen LogP contribution in [0.1, 0.15) is 17.2 Å². The van der Waals surface area contributed by atoms with Gasteiger partial charge in [0, 0.05) is 12.0 Å². The van der Waals surface area contributed by atoms with Gasteiger partial charge in [-0.15, -0.1) is 0 Å². The van der Waals surface area contributed by atoms with Crippen LogP contribution in [0.5, 0.6) is 17.2 Å². The van der Waals surface area contributed by atoms with Crippen molar-refractivity contribution in [3.8, 4) is 17.2 Å². The van der Waals surface area contributed by atoms with Crippen LogP contribution in [0.15, 0.2) is 42.5 Å². The van der Waals surface area contributed by atoms with Gasteiger partial charge in [-0.05, 0) is 29.8 Å². The number of aliphatic hydroxyl groups is 1. The second-order valence-corrected chi connectivity index (χ2v) is 4.66. The first kappa shape index (κ1) is 11.9. The predicted molar refractivity (Wildman–Crippen MR) is 69.3 cm³/mol. The van der Waals surface area contributed by atoms with Gasteiger partial charge in [0.05, 0.1) is 6.10 Å². The summed E-state index contributed by atoms with van der Waals surface area (Å²) in [6, 6.07) is 11.6. The molecule has 0 aliphatic carbocycles. The highest BCUT2D eigenvalue weighted by Gasteiger charge is 2.31. The third-order valence-electron chi connectivity index (χ3n) is 3.35. The Balaban J connectivity index is 1.95. The van der Waals surface area contributed by atoms with Crippen molar-refractivity contribution in [2.45, 2.75) is 18.6 Å². The van der Waals surface area contributed by atoms with Crippen LogP contribution in [0.25, 0.3) is 0 Å². The average Bonchev–Trinajstić information content (AvgIpc) is 2.40. The van der Waals surface area contributed by atoms with Crippen molar-refractivity contribution in [2.24, 2.45) is 0 Å². The van der Waals surface area contributed by atoms with Gasteiger partial charge in [-0.25, -0.2) is 0 Å². The van der Waals surface area contributed by atoms with Crippen molar-refractivity contribution >= 4 is 0 Å². The van der Waals surface area contributed by atoms with Crippen molar-refractivity contribution in [3.05, 3.63) is 53.6 Å². The van der Waals surface area contributed by atoms with Crippen LogP contribution in [0, 0.1) is 0 Å². The van der Waals surface area contributed by atoms with Gasteiger partial charge in [-0.3, -0.25) is 0 Å². The lowest BCUT2D eigenvalue weighted by Gasteiger charge is -2.31. The minimum Gasteiger partial charge on any atom is -0.508 e. The fourth-order valence-corrected chi connectivity index (χ4v) is 2.36. The molecule has 0 aromatic heterocycles. The average molecular weight is 258 g/mol. The zero-order valence-electron chi connectivity index (χ0n) is 10.2. The maximum atomic E-state index is 10.2. The van der Waals surface area contributed by atoms with Gasteiger partial charge in [-0.1, -0.05) is 18.2 Å². The first-order valence-electron chi connectivity index (χ1n) is 6.09. The van der Waals surface area contributed by atoms with Gasteiger partial charge in [0.25, 0.3) is 0 Å². The van der Waals surface area contributed by atoms with E-state index in [1.165, 1.54) is 0 Å². The lowest BCUT2D eigenvalue weighted by Crippen LogP contribution is -2.30. The first-order chi connectivity index (χ1) is 9.15. The second kappa shape index (κ2) is 4.48. The largest absolute Gasteiger partial charge is 0.508 e. The number of aromatic hydroxyl groups is 2. The number of ether oxygens (including phenoxy) is 1. The molecule has 0 amide bonds. The van der Waals surface area contributed by atoms with E-state index in [-0.39, 0.29) is 11.5 Å². The molecule has 4 heteroatoms. The van der Waals surface area contributed by atoms with Crippen LogP contribution < -0.4 is 4.74 Å². The van der Waals surface area contributed by atoms with Gasteiger partial charge < -0.3 is 20.1 Å². The minimum atomic E-state index is -0.731. The van der Waals surface area contributed by atoms with Crippen molar-refractivity contribution in [2.75, 3.05) is 0 Å². The Morgan fingerprint density at radius 1 is 1.00 bits per heavy atom. The highest BCUT2D eigenvalue weighted by Crippen LogP contribution is 2.39. The van der Waals surface area contributed by atoms with Gasteiger partial charge in [-0.2, -0.15) is 0 Å². The normalized spacial score (nSPS) is 21.5. The Kier molecular flexibility index (Phi) is 2.80. The number of hydrogen-bond acceptors (Lipinski definition) is 4. The number of benzene rings is 2. The third kappa shape index (κ3) is 2.11. The first-order valence-corrected chi connectivity index (χ1v) is 6.09. The van der Waals surface area contributed by atoms with Gasteiger partial charge in [0.15, 0.2) is 0 Å². The van der Waals surface area contributed by atoms with Crippen molar-refractivity contribution in [1.29, 1.82) is 0 Å². The molecule has 0 saturated carbocycles. The summed E-state index contributed by atoms with van der Waals surface area (Å²) in [5, 5.41) is 29.2. The number of fused-ring (bicyclic) bond motifs is 1. The van der Waals surface area contributed by atoms with Gasteiger partial charge in [0.1, 0.15) is 23.4 Å². The molecule has 0 saturated heterocycles. The quantitative estimate of drug-likeness (QED) is 0.733. The molecule has 0 unspecified atom stereocenters. The standard InChI is InChI=1S/C15H14O4/c16-10-6-4-9(5-7-10)15-13(18)8-11-12(17)2-1-3-14(11)19-15/h1-7,13,15-18H,8H2/t13-,15-/m1/s1. The summed E-state index contributed by atoms with van der Waals surface area (Å²) in [7, 11) is 0. The van der Waals surface area contributed by atoms with Crippen LogP contribution in [-0.2, 0) is 6.42 Å². The van der Waals surface area contributed by atoms with Crippen LogP contribution in [-0.4, -0.2) is 21.4 Å². The van der Waals surface area contributed by atoms with E-state index in [4.69, 9.17) is 4.74 Å². The number of phenolic OH excluding ortho intramolecular Hbond substituents is 2. The Labute approximate surface area is 110 Å². The molecule has 2 atom stereocenters. The Hall–Kier alpha value is -2.20. The molecule has 2 aromatic carbocycles. The van der Waals surface area contributed by atoms with E-state index in [0.717, 1.165) is 5.56 Å². The maximum absolute atomic E-state index is 10.2. The van der Waals surface area contributed by atoms with Crippen LogP contribution in [0.3, 0.4) is 0 Å². The lowest BCUT2D eigenvalue weighted by atomic mass is 9.94. The maximum Gasteiger partial charge on any atom is 0.150 e. The fraction of sp³-hybridized carbons (Fsp3) is 0.200. The molecular formula is C15H14O4. The Morgan fingerprint density at radius 3 is 2.47 bits per heavy atom. The number of phenols is 2. The summed E-state index contributed by atoms with van der Waals surface area (Å²) in [6.45, 7) is 0. The number of hydrogen-bond donors (Lipinski definition) is 3. The lowest BCUT2D eigenvalue weighted by molar-refractivity contribution is 0.0200. The van der Waals surface area contributed by atoms with E-state index in [1.807, 2.05) is 0 Å². The molecular weight excluding hydrogens is 244 g/mol. The summed E-state index contributed by atoms with van der Waals surface area (Å²) in [6.07, 6.45) is -0.881. The van der Waals surface area contributed by atoms with E-state index < -0.39 is 12.2 Å². The summed E-state index contributed by atoms with van der Waals surface area (Å²) < 4.78 is 5.76. The van der Waals surface area contributed by atoms with Gasteiger partial charge in [0.2, 0.25) is 0 Å². The smallest absolute Gasteiger partial charge is 0.150 e. The van der Waals surface area contributed by atoms with Crippen molar-refractivity contribution in [3.63, 3.8) is 0 Å². The zero-order chi connectivity index (χ0) is 13.4. The highest BCUT2D eigenvalue weighted by atomic mass is 16.5. The highest BCUT2D eigenvalue weighted by molar-refractivity contribution is 5.46. The predicted octanol–water partition coefficient (Wildman–Crippen LogP) is 2.13. The van der Waals surface area contributed by atoms with E-state index in [0.29, 0.717) is 17.7 Å². The summed E-state index contributed by atoms with van der Waals surface area (Å²) in [5.41, 5.74) is 1.42. The molecule has 0 spiro atoms. The Morgan fingerprint density at radius 2 is 1.74 bits per heavy atom. The van der Waals surface area contributed by atoms with Crippen LogP contribution in [0.2, 0.25) is 0 Å². The second-order valence-electron chi connectivity index (χ2n) is 4.66. The van der Waals surface area contributed by atoms with E-state index in [2.05, 4.69) is 0 Å². The molecule has 0 radical (unpaired) electrons. The van der Waals surface area contributed by atoms with Crippen molar-refractivity contribution in [1.82, 2.24) is 0 Å². The summed E-state index contributed by atoms with van der Waals surface area (Å²) in [5.74, 6) is 0.899. The minimum absolute atomic E-state index is 0.140. The number of rotatable bonds is 1. The van der Waals surface area contributed by atoms with Crippen molar-refractivity contribution < 1.29 is 20.1 Å². The van der Waals surface area contributed by atoms with Gasteiger partial charge >= 0.3 is 0 Å². The van der Waals surface area contributed by atoms with E-state index in [1.54, 1.807) is 42.5 Å². The van der Waals surface area contributed by atoms with E-state index >= 15 is 0 Å². The topological polar surface area (TPSA) is 69.9 Å². The molecule has 1 heterocycles. The van der Waals surface area contributed by atoms with E-state index in [9.17, 15) is 15.3 Å². The molecule has 3 N–H and O–H groups in total. The molecule has 3 rings (SSSR count). The molecule has 1 aliphatic heterocycles. The molecule has 0 bridgehead atoms. The number of aliphatic hydroxyl groups excluding tert-OH is 1. The SMILES string of the molecule is Oc1ccc([C@H]2Oc3cccc(O)c3C[C@H]2O)cc1. The molecule has 1 aliphatic rings. The molecule has 4 nitrogen and oxygen atoms in total. The molecule has 19 heavy (non-hydrogen) atoms. The monoisotopic (exact) mass is 258 g/mol. The summed E-state index contributed by atoms with van der Waals surface area (Å²) >= 11 is 0. The Bertz CT molecular complexity index is 592. The fourth-order valence-electron chi connectivity index (χ4n) is 2.36. The van der Waals surface area contributed by atoms with Crippen LogP contribution in [0.4, 0.5) is 0 Å². The molecule has 2 aromatic rings. The third-order valence-corrected chi connectivity index (χ3v) is 3.35. The zero-order valence-corrected chi connectivity index (χ0v) is 10.2. The molecule has 0 fully saturated rings. The summed E-state index contributed by atoms with van der Waals surface area (Å²) in [4.78, 5) is 0.